The lowest BCUT2D eigenvalue weighted by Crippen LogP contribution is -2.45. The number of nitrogens with one attached hydrogen (secondary N) is 4. The van der Waals surface area contributed by atoms with Crippen LogP contribution in [0.15, 0.2) is 146 Å². The standard InChI is InChI=1S/C64H66N6O10/c1-63(2,3)79-61(75)69-35-43(67-59(73)77-37-53-49-19-11-7-15-45(49)46-16-8-12-20-50(46)53)33-55(69)57(71)65-41-29-25-39(26-30-41)23-24-40-27-31-42(32-28-40)66-58(72)56-34-44(36-70(56)62(76)80-64(4,5)6)68-60(74)78-38-54-51-21-13-9-17-47(51)48-18-10-14-22-52(48)54/h7-32,43-44,53-56H,33-38H2,1-6H3,(H,65,71)(H,66,72)(H,67,73)(H,68,74)/b24-23+/t43-,44-,55-,56-/m0/s1. The van der Waals surface area contributed by atoms with Crippen LogP contribution in [-0.2, 0) is 28.5 Å². The molecule has 6 aromatic rings. The second-order valence-electron chi connectivity index (χ2n) is 22.7. The number of alkyl carbamates (subject to hydrolysis) is 2. The average Bonchev–Trinajstić information content (AvgIpc) is 4.28. The molecule has 6 amide bonds. The Hall–Kier alpha value is -8.92. The zero-order valence-electron chi connectivity index (χ0n) is 45.7. The fourth-order valence-corrected chi connectivity index (χ4v) is 11.0. The summed E-state index contributed by atoms with van der Waals surface area (Å²) in [6.45, 7) is 10.9. The van der Waals surface area contributed by atoms with E-state index in [4.69, 9.17) is 18.9 Å². The summed E-state index contributed by atoms with van der Waals surface area (Å²) in [6, 6.07) is 43.7. The van der Waals surface area contributed by atoms with Gasteiger partial charge in [-0.2, -0.15) is 0 Å². The summed E-state index contributed by atoms with van der Waals surface area (Å²) in [7, 11) is 0. The van der Waals surface area contributed by atoms with Crippen LogP contribution in [0.1, 0.15) is 99.6 Å². The van der Waals surface area contributed by atoms with Gasteiger partial charge in [-0.1, -0.05) is 133 Å². The first kappa shape index (κ1) is 54.4. The fraction of sp³-hybridized carbons (Fsp3) is 0.312. The molecular formula is C64H66N6O10. The van der Waals surface area contributed by atoms with Crippen molar-refractivity contribution in [3.63, 3.8) is 0 Å². The summed E-state index contributed by atoms with van der Waals surface area (Å²) >= 11 is 0. The third-order valence-corrected chi connectivity index (χ3v) is 14.6. The molecule has 0 unspecified atom stereocenters. The lowest BCUT2D eigenvalue weighted by molar-refractivity contribution is -0.121. The average molecular weight is 1080 g/mol. The maximum atomic E-state index is 13.9. The molecule has 4 aliphatic rings. The van der Waals surface area contributed by atoms with Crippen LogP contribution >= 0.6 is 0 Å². The first-order valence-corrected chi connectivity index (χ1v) is 27.1. The normalized spacial score (nSPS) is 18.4. The number of hydrogen-bond acceptors (Lipinski definition) is 10. The third-order valence-electron chi connectivity index (χ3n) is 14.6. The van der Waals surface area contributed by atoms with Crippen molar-refractivity contribution in [1.82, 2.24) is 20.4 Å². The number of carbonyl (C=O) groups excluding carboxylic acids is 6. The molecule has 2 aliphatic heterocycles. The Kier molecular flexibility index (Phi) is 15.5. The van der Waals surface area contributed by atoms with Crippen molar-refractivity contribution in [2.45, 2.75) is 102 Å². The van der Waals surface area contributed by atoms with Gasteiger partial charge in [0.05, 0.1) is 12.1 Å². The maximum Gasteiger partial charge on any atom is 0.411 e. The van der Waals surface area contributed by atoms with Gasteiger partial charge in [0.25, 0.3) is 0 Å². The van der Waals surface area contributed by atoms with E-state index in [0.29, 0.717) is 11.4 Å². The maximum absolute atomic E-state index is 13.9. The molecule has 0 saturated carbocycles. The molecule has 80 heavy (non-hydrogen) atoms. The van der Waals surface area contributed by atoms with E-state index in [0.717, 1.165) is 55.6 Å². The van der Waals surface area contributed by atoms with Crippen LogP contribution < -0.4 is 21.3 Å². The van der Waals surface area contributed by atoms with Gasteiger partial charge in [0.2, 0.25) is 11.8 Å². The summed E-state index contributed by atoms with van der Waals surface area (Å²) < 4.78 is 23.0. The Morgan fingerprint density at radius 1 is 0.463 bits per heavy atom. The topological polar surface area (TPSA) is 194 Å². The van der Waals surface area contributed by atoms with E-state index in [9.17, 15) is 28.8 Å². The number of rotatable bonds is 12. The highest BCUT2D eigenvalue weighted by atomic mass is 16.6. The summed E-state index contributed by atoms with van der Waals surface area (Å²) in [5.41, 5.74) is 9.90. The second-order valence-corrected chi connectivity index (χ2v) is 22.7. The zero-order chi connectivity index (χ0) is 56.3. The van der Waals surface area contributed by atoms with Crippen LogP contribution in [0.25, 0.3) is 34.4 Å². The highest BCUT2D eigenvalue weighted by Gasteiger charge is 2.44. The number of fused-ring (bicyclic) bond motifs is 6. The van der Waals surface area contributed by atoms with Crippen molar-refractivity contribution < 1.29 is 47.7 Å². The number of nitrogens with zero attached hydrogens (tertiary/aromatic N) is 2. The Morgan fingerprint density at radius 3 is 1.09 bits per heavy atom. The molecule has 4 atom stereocenters. The van der Waals surface area contributed by atoms with E-state index in [1.165, 1.54) is 9.80 Å². The number of amides is 6. The number of anilines is 2. The minimum Gasteiger partial charge on any atom is -0.449 e. The molecule has 0 bridgehead atoms. The van der Waals surface area contributed by atoms with E-state index < -0.39 is 71.6 Å². The van der Waals surface area contributed by atoms with Crippen molar-refractivity contribution in [1.29, 1.82) is 0 Å². The molecule has 412 valence electrons. The van der Waals surface area contributed by atoms with Gasteiger partial charge >= 0.3 is 24.4 Å². The molecule has 2 heterocycles. The van der Waals surface area contributed by atoms with Gasteiger partial charge in [-0.15, -0.1) is 0 Å². The predicted molar refractivity (Wildman–Crippen MR) is 306 cm³/mol. The van der Waals surface area contributed by atoms with Crippen molar-refractivity contribution in [3.8, 4) is 22.3 Å². The van der Waals surface area contributed by atoms with Gasteiger partial charge in [0, 0.05) is 36.3 Å². The number of ether oxygens (including phenoxy) is 4. The van der Waals surface area contributed by atoms with Crippen molar-refractivity contribution >= 4 is 59.7 Å². The monoisotopic (exact) mass is 1080 g/mol. The Balaban J connectivity index is 0.720. The molecular weight excluding hydrogens is 1010 g/mol. The highest BCUT2D eigenvalue weighted by molar-refractivity contribution is 5.98. The zero-order valence-corrected chi connectivity index (χ0v) is 45.7. The fourth-order valence-electron chi connectivity index (χ4n) is 11.0. The summed E-state index contributed by atoms with van der Waals surface area (Å²) in [5, 5.41) is 11.6. The summed E-state index contributed by atoms with van der Waals surface area (Å²) in [6.07, 6.45) is 1.49. The lowest BCUT2D eigenvalue weighted by atomic mass is 9.98. The number of benzene rings is 6. The molecule has 2 saturated heterocycles. The molecule has 16 heteroatoms. The quantitative estimate of drug-likeness (QED) is 0.0677. The van der Waals surface area contributed by atoms with Gasteiger partial charge in [0.15, 0.2) is 0 Å². The SMILES string of the molecule is CC(C)(C)OC(=O)N1C[C@@H](NC(=O)OCC2c3ccccc3-c3ccccc32)C[C@H]1C(=O)Nc1ccc(/C=C/c2ccc(NC(=O)[C@@H]3C[C@H](NC(=O)OCC4c5ccccc5-c5ccccc54)CN3C(=O)OC(C)(C)C)cc2)cc1. The van der Waals surface area contributed by atoms with Crippen LogP contribution in [-0.4, -0.2) is 108 Å². The van der Waals surface area contributed by atoms with Crippen LogP contribution in [0.4, 0.5) is 30.6 Å². The predicted octanol–water partition coefficient (Wildman–Crippen LogP) is 11.6. The van der Waals surface area contributed by atoms with Gasteiger partial charge in [-0.3, -0.25) is 19.4 Å². The smallest absolute Gasteiger partial charge is 0.411 e. The third kappa shape index (κ3) is 12.5. The van der Waals surface area contributed by atoms with E-state index in [1.807, 2.05) is 109 Å². The molecule has 10 rings (SSSR count). The second kappa shape index (κ2) is 22.8. The number of hydrogen-bond donors (Lipinski definition) is 4. The van der Waals surface area contributed by atoms with Gasteiger partial charge in [-0.25, -0.2) is 19.2 Å². The van der Waals surface area contributed by atoms with Gasteiger partial charge < -0.3 is 40.2 Å². The minimum atomic E-state index is -0.936. The molecule has 2 aliphatic carbocycles. The molecule has 6 aromatic carbocycles. The summed E-state index contributed by atoms with van der Waals surface area (Å²) in [4.78, 5) is 84.0. The molecule has 16 nitrogen and oxygen atoms in total. The van der Waals surface area contributed by atoms with Crippen LogP contribution in [0.5, 0.6) is 0 Å². The largest absolute Gasteiger partial charge is 0.449 e. The van der Waals surface area contributed by atoms with E-state index in [1.54, 1.807) is 65.8 Å². The lowest BCUT2D eigenvalue weighted by Gasteiger charge is -2.28. The minimum absolute atomic E-state index is 0.0488. The Labute approximate surface area is 465 Å². The first-order valence-electron chi connectivity index (χ1n) is 27.1. The van der Waals surface area contributed by atoms with E-state index in [2.05, 4.69) is 45.5 Å². The van der Waals surface area contributed by atoms with Crippen LogP contribution in [0.3, 0.4) is 0 Å². The Morgan fingerprint density at radius 2 is 0.775 bits per heavy atom. The highest BCUT2D eigenvalue weighted by Crippen LogP contribution is 2.46. The number of carbonyl (C=O) groups is 6. The van der Waals surface area contributed by atoms with E-state index in [-0.39, 0.29) is 51.0 Å². The Bertz CT molecular complexity index is 3030. The molecule has 0 spiro atoms. The number of likely N-dealkylation sites (tertiary alicyclic amines) is 2. The summed E-state index contributed by atoms with van der Waals surface area (Å²) in [5.74, 6) is -1.11. The van der Waals surface area contributed by atoms with Crippen molar-refractivity contribution in [3.05, 3.63) is 179 Å². The van der Waals surface area contributed by atoms with Crippen LogP contribution in [0.2, 0.25) is 0 Å². The molecule has 0 radical (unpaired) electrons. The van der Waals surface area contributed by atoms with E-state index >= 15 is 0 Å². The first-order chi connectivity index (χ1) is 38.3. The van der Waals surface area contributed by atoms with Crippen molar-refractivity contribution in [2.24, 2.45) is 0 Å². The molecule has 2 fully saturated rings. The van der Waals surface area contributed by atoms with Crippen LogP contribution in [0, 0.1) is 0 Å². The van der Waals surface area contributed by atoms with Gasteiger partial charge in [-0.05, 0) is 134 Å². The molecule has 4 N–H and O–H groups in total. The van der Waals surface area contributed by atoms with Gasteiger partial charge in [0.1, 0.15) is 36.5 Å². The van der Waals surface area contributed by atoms with Crippen molar-refractivity contribution in [2.75, 3.05) is 36.9 Å². The molecule has 0 aromatic heterocycles.